The van der Waals surface area contributed by atoms with Crippen LogP contribution in [0.3, 0.4) is 0 Å². The smallest absolute Gasteiger partial charge is 0.255 e. The quantitative estimate of drug-likeness (QED) is 0.746. The molecule has 2 aromatic rings. The first-order valence-corrected chi connectivity index (χ1v) is 7.62. The van der Waals surface area contributed by atoms with Crippen molar-refractivity contribution >= 4 is 23.2 Å². The van der Waals surface area contributed by atoms with Gasteiger partial charge in [-0.1, -0.05) is 6.07 Å². The lowest BCUT2D eigenvalue weighted by Gasteiger charge is -2.13. The Hall–Kier alpha value is -3.06. The topological polar surface area (TPSA) is 103 Å². The van der Waals surface area contributed by atoms with E-state index in [1.54, 1.807) is 36.4 Å². The summed E-state index contributed by atoms with van der Waals surface area (Å²) in [5.41, 5.74) is 7.73. The monoisotopic (exact) mass is 343 g/mol. The van der Waals surface area contributed by atoms with Crippen molar-refractivity contribution < 1.29 is 19.1 Å². The molecule has 7 nitrogen and oxygen atoms in total. The molecule has 0 aliphatic rings. The van der Waals surface area contributed by atoms with Crippen molar-refractivity contribution in [2.45, 2.75) is 6.92 Å². The second-order valence-corrected chi connectivity index (χ2v) is 5.31. The zero-order valence-corrected chi connectivity index (χ0v) is 14.4. The Morgan fingerprint density at radius 2 is 1.72 bits per heavy atom. The van der Waals surface area contributed by atoms with Gasteiger partial charge in [0.2, 0.25) is 5.91 Å². The normalized spacial score (nSPS) is 10.1. The van der Waals surface area contributed by atoms with Crippen molar-refractivity contribution in [2.24, 2.45) is 5.73 Å². The number of carbonyl (C=O) groups excluding carboxylic acids is 2. The molecule has 0 aliphatic carbocycles. The van der Waals surface area contributed by atoms with Crippen LogP contribution in [0.1, 0.15) is 15.9 Å². The Kier molecular flexibility index (Phi) is 5.97. The van der Waals surface area contributed by atoms with Crippen LogP contribution in [0.4, 0.5) is 11.4 Å². The lowest BCUT2D eigenvalue weighted by molar-refractivity contribution is -0.114. The van der Waals surface area contributed by atoms with Crippen molar-refractivity contribution in [1.82, 2.24) is 0 Å². The predicted molar refractivity (Wildman–Crippen MR) is 96.4 cm³/mol. The van der Waals surface area contributed by atoms with E-state index in [0.717, 1.165) is 5.56 Å². The molecular weight excluding hydrogens is 322 g/mol. The number of ether oxygens (including phenoxy) is 2. The summed E-state index contributed by atoms with van der Waals surface area (Å²) < 4.78 is 10.4. The molecule has 0 aliphatic heterocycles. The van der Waals surface area contributed by atoms with E-state index < -0.39 is 0 Å². The molecule has 0 radical (unpaired) electrons. The molecule has 2 rings (SSSR count). The first kappa shape index (κ1) is 18.3. The predicted octanol–water partition coefficient (Wildman–Crippen LogP) is 2.16. The van der Waals surface area contributed by atoms with Crippen LogP contribution in [-0.2, 0) is 4.79 Å². The van der Waals surface area contributed by atoms with E-state index in [2.05, 4.69) is 10.6 Å². The minimum atomic E-state index is -0.305. The van der Waals surface area contributed by atoms with Crippen LogP contribution in [0, 0.1) is 6.92 Å². The number of benzene rings is 2. The van der Waals surface area contributed by atoms with E-state index in [-0.39, 0.29) is 18.4 Å². The summed E-state index contributed by atoms with van der Waals surface area (Å²) in [6.07, 6.45) is 0. The molecule has 0 atom stereocenters. The van der Waals surface area contributed by atoms with Gasteiger partial charge in [-0.15, -0.1) is 0 Å². The van der Waals surface area contributed by atoms with Gasteiger partial charge >= 0.3 is 0 Å². The fraction of sp³-hybridized carbons (Fsp3) is 0.222. The van der Waals surface area contributed by atoms with Crippen molar-refractivity contribution in [3.63, 3.8) is 0 Å². The molecule has 0 saturated carbocycles. The maximum atomic E-state index is 12.5. The van der Waals surface area contributed by atoms with Crippen LogP contribution in [0.2, 0.25) is 0 Å². The number of hydrogen-bond acceptors (Lipinski definition) is 5. The third-order valence-corrected chi connectivity index (χ3v) is 3.60. The van der Waals surface area contributed by atoms with E-state index in [4.69, 9.17) is 15.2 Å². The van der Waals surface area contributed by atoms with Gasteiger partial charge in [0.15, 0.2) is 11.5 Å². The third kappa shape index (κ3) is 4.48. The molecule has 0 heterocycles. The number of rotatable bonds is 6. The van der Waals surface area contributed by atoms with Gasteiger partial charge in [0.1, 0.15) is 0 Å². The van der Waals surface area contributed by atoms with Crippen LogP contribution < -0.4 is 25.8 Å². The highest BCUT2D eigenvalue weighted by atomic mass is 16.5. The Labute approximate surface area is 146 Å². The summed E-state index contributed by atoms with van der Waals surface area (Å²) in [7, 11) is 3.04. The zero-order valence-electron chi connectivity index (χ0n) is 14.4. The summed E-state index contributed by atoms with van der Waals surface area (Å²) in [6.45, 7) is 1.75. The Morgan fingerprint density at radius 3 is 2.36 bits per heavy atom. The first-order chi connectivity index (χ1) is 12.0. The molecule has 25 heavy (non-hydrogen) atoms. The second-order valence-electron chi connectivity index (χ2n) is 5.31. The van der Waals surface area contributed by atoms with Gasteiger partial charge in [0, 0.05) is 16.9 Å². The van der Waals surface area contributed by atoms with Gasteiger partial charge in [-0.25, -0.2) is 0 Å². The van der Waals surface area contributed by atoms with E-state index in [1.807, 2.05) is 6.92 Å². The summed E-state index contributed by atoms with van der Waals surface area (Å²) >= 11 is 0. The summed E-state index contributed by atoms with van der Waals surface area (Å²) in [4.78, 5) is 23.9. The van der Waals surface area contributed by atoms with Crippen LogP contribution in [0.25, 0.3) is 0 Å². The highest BCUT2D eigenvalue weighted by Gasteiger charge is 2.12. The second kappa shape index (κ2) is 8.16. The number of methoxy groups -OCH3 is 2. The van der Waals surface area contributed by atoms with Crippen LogP contribution >= 0.6 is 0 Å². The van der Waals surface area contributed by atoms with Gasteiger partial charge in [-0.3, -0.25) is 9.59 Å². The highest BCUT2D eigenvalue weighted by Crippen LogP contribution is 2.28. The number of carbonyl (C=O) groups is 2. The maximum Gasteiger partial charge on any atom is 0.255 e. The summed E-state index contributed by atoms with van der Waals surface area (Å²) in [5, 5.41) is 5.48. The first-order valence-electron chi connectivity index (χ1n) is 7.62. The molecule has 0 saturated heterocycles. The van der Waals surface area contributed by atoms with Gasteiger partial charge in [-0.05, 0) is 42.8 Å². The minimum absolute atomic E-state index is 0.110. The van der Waals surface area contributed by atoms with E-state index >= 15 is 0 Å². The molecule has 0 spiro atoms. The lowest BCUT2D eigenvalue weighted by atomic mass is 10.1. The average molecular weight is 343 g/mol. The van der Waals surface area contributed by atoms with E-state index in [9.17, 15) is 9.59 Å². The van der Waals surface area contributed by atoms with Crippen molar-refractivity contribution in [2.75, 3.05) is 31.4 Å². The van der Waals surface area contributed by atoms with Crippen LogP contribution in [0.5, 0.6) is 11.5 Å². The average Bonchev–Trinajstić information content (AvgIpc) is 2.63. The van der Waals surface area contributed by atoms with Crippen molar-refractivity contribution in [1.29, 1.82) is 0 Å². The third-order valence-electron chi connectivity index (χ3n) is 3.60. The van der Waals surface area contributed by atoms with Gasteiger partial charge < -0.3 is 25.8 Å². The Balaban J connectivity index is 2.22. The SMILES string of the molecule is COc1ccc(C(=O)Nc2cc(NC(=O)CN)ccc2C)cc1OC. The molecular formula is C18H21N3O4. The standard InChI is InChI=1S/C18H21N3O4/c1-11-4-6-13(20-17(22)10-19)9-14(11)21-18(23)12-5-7-15(24-2)16(8-12)25-3/h4-9H,10,19H2,1-3H3,(H,20,22)(H,21,23). The molecule has 0 fully saturated rings. The van der Waals surface area contributed by atoms with Crippen molar-refractivity contribution in [3.8, 4) is 11.5 Å². The molecule has 2 amide bonds. The fourth-order valence-corrected chi connectivity index (χ4v) is 2.22. The number of nitrogens with one attached hydrogen (secondary N) is 2. The van der Waals surface area contributed by atoms with E-state index in [0.29, 0.717) is 28.4 Å². The maximum absolute atomic E-state index is 12.5. The zero-order chi connectivity index (χ0) is 18.4. The minimum Gasteiger partial charge on any atom is -0.493 e. The van der Waals surface area contributed by atoms with E-state index in [1.165, 1.54) is 14.2 Å². The largest absolute Gasteiger partial charge is 0.493 e. The number of anilines is 2. The molecule has 4 N–H and O–H groups in total. The molecule has 0 unspecified atom stereocenters. The van der Waals surface area contributed by atoms with Gasteiger partial charge in [0.25, 0.3) is 5.91 Å². The summed E-state index contributed by atoms with van der Waals surface area (Å²) in [5.74, 6) is 0.407. The number of hydrogen-bond donors (Lipinski definition) is 3. The fourth-order valence-electron chi connectivity index (χ4n) is 2.22. The van der Waals surface area contributed by atoms with Crippen LogP contribution in [-0.4, -0.2) is 32.6 Å². The van der Waals surface area contributed by atoms with Crippen molar-refractivity contribution in [3.05, 3.63) is 47.5 Å². The number of amides is 2. The Morgan fingerprint density at radius 1 is 1.00 bits per heavy atom. The molecule has 0 bridgehead atoms. The molecule has 7 heteroatoms. The van der Waals surface area contributed by atoms with Gasteiger partial charge in [-0.2, -0.15) is 0 Å². The lowest BCUT2D eigenvalue weighted by Crippen LogP contribution is -2.22. The number of nitrogens with two attached hydrogens (primary N) is 1. The summed E-state index contributed by atoms with van der Waals surface area (Å²) in [6, 6.07) is 10.1. The molecule has 0 aromatic heterocycles. The Bertz CT molecular complexity index is 790. The van der Waals surface area contributed by atoms with Crippen LogP contribution in [0.15, 0.2) is 36.4 Å². The highest BCUT2D eigenvalue weighted by molar-refractivity contribution is 6.05. The number of aryl methyl sites for hydroxylation is 1. The molecule has 132 valence electrons. The molecule has 2 aromatic carbocycles. The van der Waals surface area contributed by atoms with Gasteiger partial charge in [0.05, 0.1) is 20.8 Å².